The summed E-state index contributed by atoms with van der Waals surface area (Å²) in [4.78, 5) is 20.7. The van der Waals surface area contributed by atoms with Crippen LogP contribution >= 0.6 is 0 Å². The smallest absolute Gasteiger partial charge is 0.403 e. The van der Waals surface area contributed by atoms with Gasteiger partial charge in [-0.1, -0.05) is 31.0 Å². The van der Waals surface area contributed by atoms with Gasteiger partial charge in [-0.2, -0.15) is 0 Å². The van der Waals surface area contributed by atoms with Crippen LogP contribution in [0.15, 0.2) is 48.8 Å². The van der Waals surface area contributed by atoms with Crippen LogP contribution in [0.4, 0.5) is 5.82 Å². The van der Waals surface area contributed by atoms with Crippen LogP contribution in [-0.2, 0) is 26.5 Å². The van der Waals surface area contributed by atoms with Crippen molar-refractivity contribution < 1.29 is 21.1 Å². The van der Waals surface area contributed by atoms with E-state index in [0.717, 1.165) is 11.4 Å². The Morgan fingerprint density at radius 3 is 2.13 bits per heavy atom. The summed E-state index contributed by atoms with van der Waals surface area (Å²) in [6, 6.07) is 13.3. The summed E-state index contributed by atoms with van der Waals surface area (Å²) in [7, 11) is 0. The van der Waals surface area contributed by atoms with Crippen molar-refractivity contribution in [3.8, 4) is 17.7 Å². The molecular weight excluding hydrogens is 559 g/mol. The molecule has 0 aliphatic carbocycles. The number of aromatic nitrogens is 6. The minimum absolute atomic E-state index is 0. The average molecular weight is 573 g/mol. The number of rotatable bonds is 4. The molecule has 0 atom stereocenters. The van der Waals surface area contributed by atoms with Gasteiger partial charge in [0, 0.05) is 35.0 Å². The van der Waals surface area contributed by atoms with Crippen LogP contribution in [0.3, 0.4) is 0 Å². The van der Waals surface area contributed by atoms with E-state index in [-0.39, 0.29) is 21.1 Å². The molecule has 4 aromatic heterocycles. The molecule has 0 fully saturated rings. The number of nitriles is 1. The third kappa shape index (κ3) is 3.66. The molecule has 0 aliphatic heterocycles. The summed E-state index contributed by atoms with van der Waals surface area (Å²) < 4.78 is 3.04. The number of nitrogens with zero attached hydrogens (tertiary/aromatic N) is 8. The van der Waals surface area contributed by atoms with Crippen LogP contribution in [-0.4, -0.2) is 29.1 Å². The first-order valence-electron chi connectivity index (χ1n) is 8.69. The predicted octanol–water partition coefficient (Wildman–Crippen LogP) is 3.19. The molecule has 4 heterocycles. The minimum atomic E-state index is -0.543. The Kier molecular flexibility index (Phi) is 5.91. The number of hydrogen-bond acceptors (Lipinski definition) is 5. The molecule has 30 heavy (non-hydrogen) atoms. The van der Waals surface area contributed by atoms with E-state index in [0.29, 0.717) is 23.1 Å². The largest absolute Gasteiger partial charge is 2.00 e. The maximum atomic E-state index is 9.24. The van der Waals surface area contributed by atoms with Crippen LogP contribution in [0.2, 0.25) is 0 Å². The summed E-state index contributed by atoms with van der Waals surface area (Å²) >= 11 is 0. The van der Waals surface area contributed by atoms with Gasteiger partial charge in [0.15, 0.2) is 6.33 Å². The summed E-state index contributed by atoms with van der Waals surface area (Å²) in [6.07, 6.45) is 8.41. The molecule has 0 unspecified atom stereocenters. The quantitative estimate of drug-likeness (QED) is 0.350. The van der Waals surface area contributed by atoms with Gasteiger partial charge < -0.3 is 19.4 Å². The van der Waals surface area contributed by atoms with E-state index < -0.39 is 5.41 Å². The van der Waals surface area contributed by atoms with Crippen LogP contribution in [0, 0.1) is 30.6 Å². The SMILES string of the molecule is [C-]#[N+]c1cn[c-]n1-c1cccc(C(C)(C)c2cccc(-n3[c-]ncc3C#N)n2)n1.[Pt+2]. The molecule has 4 rings (SSSR count). The summed E-state index contributed by atoms with van der Waals surface area (Å²) in [5.41, 5.74) is 1.35. The molecular formula is C21H14N8Pt. The molecule has 0 bridgehead atoms. The van der Waals surface area contributed by atoms with Crippen molar-refractivity contribution in [1.29, 1.82) is 5.26 Å². The maximum absolute atomic E-state index is 9.24. The fraction of sp³-hybridized carbons (Fsp3) is 0.143. The van der Waals surface area contributed by atoms with E-state index in [9.17, 15) is 5.26 Å². The van der Waals surface area contributed by atoms with Crippen LogP contribution in [0.25, 0.3) is 16.5 Å². The topological polar surface area (TPSA) is 89.6 Å². The van der Waals surface area contributed by atoms with Gasteiger partial charge in [-0.3, -0.25) is 14.5 Å². The number of pyridine rings is 2. The molecule has 8 nitrogen and oxygen atoms in total. The Bertz CT molecular complexity index is 1170. The molecule has 4 aromatic rings. The summed E-state index contributed by atoms with van der Waals surface area (Å²) in [6.45, 7) is 11.3. The van der Waals surface area contributed by atoms with Gasteiger partial charge in [-0.25, -0.2) is 5.26 Å². The van der Waals surface area contributed by atoms with E-state index in [1.165, 1.54) is 21.5 Å². The average Bonchev–Trinajstić information content (AvgIpc) is 3.43. The predicted molar refractivity (Wildman–Crippen MR) is 103 cm³/mol. The Balaban J connectivity index is 0.00000256. The summed E-state index contributed by atoms with van der Waals surface area (Å²) in [5.74, 6) is 1.45. The van der Waals surface area contributed by atoms with Gasteiger partial charge in [0.05, 0.1) is 11.9 Å². The van der Waals surface area contributed by atoms with E-state index in [1.807, 2.05) is 38.1 Å². The summed E-state index contributed by atoms with van der Waals surface area (Å²) in [5, 5.41) is 9.24. The van der Waals surface area contributed by atoms with Gasteiger partial charge in [0.25, 0.3) is 5.82 Å². The van der Waals surface area contributed by atoms with Gasteiger partial charge in [0.1, 0.15) is 5.82 Å². The van der Waals surface area contributed by atoms with Crippen molar-refractivity contribution in [2.75, 3.05) is 0 Å². The number of hydrogen-bond donors (Lipinski definition) is 0. The second-order valence-electron chi connectivity index (χ2n) is 6.74. The first kappa shape index (κ1) is 21.1. The minimum Gasteiger partial charge on any atom is -0.403 e. The van der Waals surface area contributed by atoms with Crippen LogP contribution < -0.4 is 0 Å². The molecule has 0 amide bonds. The van der Waals surface area contributed by atoms with E-state index in [1.54, 1.807) is 12.1 Å². The van der Waals surface area contributed by atoms with Crippen LogP contribution in [0.5, 0.6) is 0 Å². The van der Waals surface area contributed by atoms with E-state index in [2.05, 4.69) is 33.5 Å². The molecule has 0 aliphatic rings. The van der Waals surface area contributed by atoms with Crippen molar-refractivity contribution >= 4 is 5.82 Å². The Morgan fingerprint density at radius 2 is 1.53 bits per heavy atom. The third-order valence-electron chi connectivity index (χ3n) is 4.59. The molecule has 0 saturated heterocycles. The molecule has 0 saturated carbocycles. The van der Waals surface area contributed by atoms with Crippen LogP contribution in [0.1, 0.15) is 30.9 Å². The molecule has 0 aromatic carbocycles. The van der Waals surface area contributed by atoms with Gasteiger partial charge in [0.2, 0.25) is 0 Å². The van der Waals surface area contributed by atoms with Crippen molar-refractivity contribution in [1.82, 2.24) is 29.1 Å². The molecule has 0 N–H and O–H groups in total. The molecule has 148 valence electrons. The van der Waals surface area contributed by atoms with Gasteiger partial charge >= 0.3 is 21.1 Å². The third-order valence-corrected chi connectivity index (χ3v) is 4.59. The standard InChI is InChI=1S/C21H14N8.Pt/c1-21(2,16-6-4-8-18(26-16)28-13-24-11-15(28)10-22)17-7-5-9-19(27-17)29-14-25-12-20(29)23-3;/h4-9,11-12H,1-2H3;/q-2;+2. The van der Waals surface area contributed by atoms with Gasteiger partial charge in [-0.15, -0.1) is 0 Å². The molecule has 0 spiro atoms. The monoisotopic (exact) mass is 573 g/mol. The maximum Gasteiger partial charge on any atom is 2.00 e. The van der Waals surface area contributed by atoms with E-state index in [4.69, 9.17) is 16.5 Å². The fourth-order valence-corrected chi connectivity index (χ4v) is 2.94. The normalized spacial score (nSPS) is 10.7. The molecule has 0 radical (unpaired) electrons. The first-order valence-corrected chi connectivity index (χ1v) is 8.69. The fourth-order valence-electron chi connectivity index (χ4n) is 2.94. The second kappa shape index (κ2) is 8.40. The van der Waals surface area contributed by atoms with Crippen molar-refractivity contribution in [3.05, 3.63) is 89.9 Å². The van der Waals surface area contributed by atoms with Gasteiger partial charge in [-0.05, 0) is 32.0 Å². The molecule has 9 heteroatoms. The Hall–Kier alpha value is -3.61. The second-order valence-corrected chi connectivity index (χ2v) is 6.74. The van der Waals surface area contributed by atoms with E-state index >= 15 is 0 Å². The zero-order chi connectivity index (χ0) is 20.4. The zero-order valence-corrected chi connectivity index (χ0v) is 18.3. The Labute approximate surface area is 188 Å². The van der Waals surface area contributed by atoms with Crippen molar-refractivity contribution in [2.45, 2.75) is 19.3 Å². The van der Waals surface area contributed by atoms with Crippen molar-refractivity contribution in [2.24, 2.45) is 0 Å². The first-order chi connectivity index (χ1) is 14.0. The number of imidazole rings is 2. The Morgan fingerprint density at radius 1 is 0.967 bits per heavy atom. The van der Waals surface area contributed by atoms with Crippen molar-refractivity contribution in [3.63, 3.8) is 0 Å². The zero-order valence-electron chi connectivity index (χ0n) is 16.0.